The van der Waals surface area contributed by atoms with Gasteiger partial charge in [-0.1, -0.05) is 12.1 Å². The van der Waals surface area contributed by atoms with E-state index in [2.05, 4.69) is 16.0 Å². The Bertz CT molecular complexity index is 990. The molecular formula is C18H15FN4O. The van der Waals surface area contributed by atoms with Gasteiger partial charge < -0.3 is 4.98 Å². The topological polar surface area (TPSA) is 72.8 Å². The van der Waals surface area contributed by atoms with Gasteiger partial charge in [0.2, 0.25) is 0 Å². The molecule has 2 aromatic carbocycles. The number of hydrogen-bond acceptors (Lipinski definition) is 4. The molecular weight excluding hydrogens is 307 g/mol. The SMILES string of the molecule is CN(Cc1nc2ccccc2c(=O)[nH]1)Cc1cc(F)ccc1C#N. The molecule has 0 aliphatic carbocycles. The summed E-state index contributed by atoms with van der Waals surface area (Å²) in [7, 11) is 1.82. The third-order valence-corrected chi connectivity index (χ3v) is 3.71. The number of fused-ring (bicyclic) bond motifs is 1. The fourth-order valence-electron chi connectivity index (χ4n) is 2.61. The lowest BCUT2D eigenvalue weighted by Crippen LogP contribution is -2.22. The molecule has 0 amide bonds. The van der Waals surface area contributed by atoms with Crippen LogP contribution in [0.4, 0.5) is 4.39 Å². The number of nitrogens with zero attached hydrogens (tertiary/aromatic N) is 3. The monoisotopic (exact) mass is 322 g/mol. The predicted molar refractivity (Wildman–Crippen MR) is 88.6 cm³/mol. The fourth-order valence-corrected chi connectivity index (χ4v) is 2.61. The maximum atomic E-state index is 13.4. The molecule has 24 heavy (non-hydrogen) atoms. The van der Waals surface area contributed by atoms with E-state index >= 15 is 0 Å². The van der Waals surface area contributed by atoms with Gasteiger partial charge in [-0.05, 0) is 42.9 Å². The highest BCUT2D eigenvalue weighted by atomic mass is 19.1. The molecule has 3 aromatic rings. The predicted octanol–water partition coefficient (Wildman–Crippen LogP) is 2.57. The lowest BCUT2D eigenvalue weighted by molar-refractivity contribution is 0.310. The molecule has 6 heteroatoms. The quantitative estimate of drug-likeness (QED) is 0.801. The molecule has 1 heterocycles. The molecule has 0 aliphatic heterocycles. The molecule has 0 aliphatic rings. The normalized spacial score (nSPS) is 10.9. The zero-order valence-corrected chi connectivity index (χ0v) is 13.1. The summed E-state index contributed by atoms with van der Waals surface area (Å²) >= 11 is 0. The van der Waals surface area contributed by atoms with Crippen molar-refractivity contribution in [2.45, 2.75) is 13.1 Å². The van der Waals surface area contributed by atoms with Crippen LogP contribution in [0.2, 0.25) is 0 Å². The van der Waals surface area contributed by atoms with E-state index in [0.29, 0.717) is 40.9 Å². The van der Waals surface area contributed by atoms with Crippen molar-refractivity contribution < 1.29 is 4.39 Å². The van der Waals surface area contributed by atoms with Gasteiger partial charge in [0.25, 0.3) is 5.56 Å². The summed E-state index contributed by atoms with van der Waals surface area (Å²) in [6, 6.07) is 13.3. The first-order valence-electron chi connectivity index (χ1n) is 7.42. The highest BCUT2D eigenvalue weighted by Gasteiger charge is 2.10. The van der Waals surface area contributed by atoms with Gasteiger partial charge in [0.15, 0.2) is 0 Å². The number of hydrogen-bond donors (Lipinski definition) is 1. The van der Waals surface area contributed by atoms with Crippen molar-refractivity contribution in [3.63, 3.8) is 0 Å². The van der Waals surface area contributed by atoms with E-state index in [1.807, 2.05) is 18.0 Å². The van der Waals surface area contributed by atoms with Crippen LogP contribution >= 0.6 is 0 Å². The minimum Gasteiger partial charge on any atom is -0.309 e. The first-order valence-corrected chi connectivity index (χ1v) is 7.42. The van der Waals surface area contributed by atoms with Gasteiger partial charge in [-0.3, -0.25) is 9.69 Å². The van der Waals surface area contributed by atoms with E-state index in [0.717, 1.165) is 0 Å². The van der Waals surface area contributed by atoms with E-state index in [9.17, 15) is 9.18 Å². The number of nitrogens with one attached hydrogen (secondary N) is 1. The summed E-state index contributed by atoms with van der Waals surface area (Å²) in [5.74, 6) is 0.144. The van der Waals surface area contributed by atoms with Crippen LogP contribution in [0.5, 0.6) is 0 Å². The first kappa shape index (κ1) is 15.8. The van der Waals surface area contributed by atoms with Crippen molar-refractivity contribution in [2.24, 2.45) is 0 Å². The molecule has 0 saturated carbocycles. The molecule has 0 saturated heterocycles. The standard InChI is InChI=1S/C18H15FN4O/c1-23(10-13-8-14(19)7-6-12(13)9-20)11-17-21-16-5-3-2-4-15(16)18(24)22-17/h2-8H,10-11H2,1H3,(H,21,22,24). The van der Waals surface area contributed by atoms with E-state index < -0.39 is 0 Å². The summed E-state index contributed by atoms with van der Waals surface area (Å²) in [4.78, 5) is 21.1. The highest BCUT2D eigenvalue weighted by Crippen LogP contribution is 2.14. The van der Waals surface area contributed by atoms with Crippen LogP contribution in [0.1, 0.15) is 17.0 Å². The Labute approximate surface area is 138 Å². The summed E-state index contributed by atoms with van der Waals surface area (Å²) < 4.78 is 13.4. The van der Waals surface area contributed by atoms with Crippen molar-refractivity contribution >= 4 is 10.9 Å². The third-order valence-electron chi connectivity index (χ3n) is 3.71. The van der Waals surface area contributed by atoms with Crippen LogP contribution in [-0.4, -0.2) is 21.9 Å². The van der Waals surface area contributed by atoms with E-state index in [1.54, 1.807) is 18.2 Å². The van der Waals surface area contributed by atoms with Crippen molar-refractivity contribution in [2.75, 3.05) is 7.05 Å². The molecule has 1 N–H and O–H groups in total. The Morgan fingerprint density at radius 1 is 1.25 bits per heavy atom. The smallest absolute Gasteiger partial charge is 0.258 e. The zero-order valence-electron chi connectivity index (χ0n) is 13.1. The number of H-pyrrole nitrogens is 1. The van der Waals surface area contributed by atoms with Crippen molar-refractivity contribution in [1.82, 2.24) is 14.9 Å². The van der Waals surface area contributed by atoms with Gasteiger partial charge in [0.1, 0.15) is 11.6 Å². The molecule has 3 rings (SSSR count). The summed E-state index contributed by atoms with van der Waals surface area (Å²) in [6.07, 6.45) is 0. The van der Waals surface area contributed by atoms with Crippen LogP contribution in [0.15, 0.2) is 47.3 Å². The number of rotatable bonds is 4. The molecule has 0 unspecified atom stereocenters. The van der Waals surface area contributed by atoms with Gasteiger partial charge in [0, 0.05) is 6.54 Å². The molecule has 1 aromatic heterocycles. The molecule has 0 bridgehead atoms. The Hall–Kier alpha value is -3.04. The van der Waals surface area contributed by atoms with Crippen LogP contribution in [0, 0.1) is 17.1 Å². The Kier molecular flexibility index (Phi) is 4.36. The van der Waals surface area contributed by atoms with E-state index in [-0.39, 0.29) is 11.4 Å². The first-order chi connectivity index (χ1) is 11.6. The number of benzene rings is 2. The fraction of sp³-hybridized carbons (Fsp3) is 0.167. The van der Waals surface area contributed by atoms with Crippen LogP contribution in [0.3, 0.4) is 0 Å². The van der Waals surface area contributed by atoms with E-state index in [4.69, 9.17) is 5.26 Å². The second-order valence-electron chi connectivity index (χ2n) is 5.62. The van der Waals surface area contributed by atoms with Crippen LogP contribution < -0.4 is 5.56 Å². The molecule has 5 nitrogen and oxygen atoms in total. The number of halogens is 1. The largest absolute Gasteiger partial charge is 0.309 e. The molecule has 0 spiro atoms. The summed E-state index contributed by atoms with van der Waals surface area (Å²) in [5.41, 5.74) is 1.48. The van der Waals surface area contributed by atoms with Crippen LogP contribution in [0.25, 0.3) is 10.9 Å². The number of aromatic nitrogens is 2. The van der Waals surface area contributed by atoms with Gasteiger partial charge in [0.05, 0.1) is 29.1 Å². The van der Waals surface area contributed by atoms with Gasteiger partial charge in [-0.2, -0.15) is 5.26 Å². The van der Waals surface area contributed by atoms with Crippen molar-refractivity contribution in [3.05, 3.63) is 75.6 Å². The zero-order chi connectivity index (χ0) is 17.1. The summed E-state index contributed by atoms with van der Waals surface area (Å²) in [6.45, 7) is 0.749. The second-order valence-corrected chi connectivity index (χ2v) is 5.62. The number of nitriles is 1. The number of aromatic amines is 1. The Balaban J connectivity index is 1.83. The highest BCUT2D eigenvalue weighted by molar-refractivity contribution is 5.77. The number of para-hydroxylation sites is 1. The van der Waals surface area contributed by atoms with Crippen LogP contribution in [-0.2, 0) is 13.1 Å². The second kappa shape index (κ2) is 6.60. The van der Waals surface area contributed by atoms with E-state index in [1.165, 1.54) is 18.2 Å². The molecule has 0 radical (unpaired) electrons. The minimum absolute atomic E-state index is 0.188. The Morgan fingerprint density at radius 3 is 2.83 bits per heavy atom. The van der Waals surface area contributed by atoms with Gasteiger partial charge in [-0.15, -0.1) is 0 Å². The molecule has 0 atom stereocenters. The minimum atomic E-state index is -0.380. The van der Waals surface area contributed by atoms with Crippen molar-refractivity contribution in [3.8, 4) is 6.07 Å². The van der Waals surface area contributed by atoms with Gasteiger partial charge >= 0.3 is 0 Å². The maximum absolute atomic E-state index is 13.4. The molecule has 120 valence electrons. The third kappa shape index (κ3) is 3.31. The lowest BCUT2D eigenvalue weighted by Gasteiger charge is -2.17. The average molecular weight is 322 g/mol. The molecule has 0 fully saturated rings. The maximum Gasteiger partial charge on any atom is 0.258 e. The van der Waals surface area contributed by atoms with Gasteiger partial charge in [-0.25, -0.2) is 9.37 Å². The average Bonchev–Trinajstić information content (AvgIpc) is 2.55. The Morgan fingerprint density at radius 2 is 2.04 bits per heavy atom. The van der Waals surface area contributed by atoms with Crippen molar-refractivity contribution in [1.29, 1.82) is 5.26 Å². The lowest BCUT2D eigenvalue weighted by atomic mass is 10.1. The summed E-state index contributed by atoms with van der Waals surface area (Å²) in [5, 5.41) is 9.66.